The van der Waals surface area contributed by atoms with Crippen LogP contribution in [0.1, 0.15) is 35.8 Å². The van der Waals surface area contributed by atoms with Crippen molar-refractivity contribution in [3.63, 3.8) is 0 Å². The first-order chi connectivity index (χ1) is 11.1. The van der Waals surface area contributed by atoms with Crippen molar-refractivity contribution in [2.24, 2.45) is 5.92 Å². The van der Waals surface area contributed by atoms with E-state index in [0.717, 1.165) is 35.7 Å². The van der Waals surface area contributed by atoms with E-state index in [2.05, 4.69) is 38.1 Å². The zero-order chi connectivity index (χ0) is 16.2. The lowest BCUT2D eigenvalue weighted by Crippen LogP contribution is -2.33. The van der Waals surface area contributed by atoms with E-state index < -0.39 is 0 Å². The largest absolute Gasteiger partial charge is 0.298 e. The van der Waals surface area contributed by atoms with Crippen LogP contribution in [-0.2, 0) is 6.54 Å². The number of thiazole rings is 1. The first-order valence-corrected chi connectivity index (χ1v) is 9.51. The van der Waals surface area contributed by atoms with Crippen molar-refractivity contribution in [1.29, 1.82) is 0 Å². The van der Waals surface area contributed by atoms with Crippen LogP contribution in [0.2, 0.25) is 0 Å². The number of hydrogen-bond acceptors (Lipinski definition) is 4. The number of carbonyl (C=O) groups is 1. The van der Waals surface area contributed by atoms with E-state index in [1.807, 2.05) is 17.5 Å². The summed E-state index contributed by atoms with van der Waals surface area (Å²) >= 11 is 4.86. The molecule has 1 unspecified atom stereocenters. The standard InChI is InChI=1S/C17H20BrN3OS/c1-12-3-2-8-21(9-12)10-15-11-23-17(19-15)20-16(22)13-4-6-14(18)7-5-13/h4-7,11-12H,2-3,8-10H2,1H3,(H,19,20,22). The third-order valence-corrected chi connectivity index (χ3v) is 5.34. The van der Waals surface area contributed by atoms with Crippen LogP contribution >= 0.6 is 27.3 Å². The van der Waals surface area contributed by atoms with Crippen molar-refractivity contribution in [3.8, 4) is 0 Å². The number of nitrogens with one attached hydrogen (secondary N) is 1. The molecule has 2 heterocycles. The molecule has 2 aromatic rings. The summed E-state index contributed by atoms with van der Waals surface area (Å²) in [5.74, 6) is 0.643. The number of nitrogens with zero attached hydrogens (tertiary/aromatic N) is 2. The van der Waals surface area contributed by atoms with Crippen LogP contribution in [0.5, 0.6) is 0 Å². The minimum Gasteiger partial charge on any atom is -0.298 e. The van der Waals surface area contributed by atoms with Crippen molar-refractivity contribution in [2.75, 3.05) is 18.4 Å². The van der Waals surface area contributed by atoms with Gasteiger partial charge < -0.3 is 0 Å². The molecule has 1 N–H and O–H groups in total. The first-order valence-electron chi connectivity index (χ1n) is 7.84. The van der Waals surface area contributed by atoms with Crippen LogP contribution in [0.4, 0.5) is 5.13 Å². The van der Waals surface area contributed by atoms with E-state index in [1.54, 1.807) is 12.1 Å². The van der Waals surface area contributed by atoms with Gasteiger partial charge in [0.2, 0.25) is 0 Å². The molecule has 23 heavy (non-hydrogen) atoms. The first kappa shape index (κ1) is 16.6. The Balaban J connectivity index is 1.58. The van der Waals surface area contributed by atoms with Gasteiger partial charge in [-0.1, -0.05) is 22.9 Å². The molecule has 1 aliphatic rings. The Hall–Kier alpha value is -1.24. The highest BCUT2D eigenvalue weighted by Crippen LogP contribution is 2.21. The van der Waals surface area contributed by atoms with E-state index in [0.29, 0.717) is 10.7 Å². The highest BCUT2D eigenvalue weighted by atomic mass is 79.9. The zero-order valence-corrected chi connectivity index (χ0v) is 15.5. The zero-order valence-electron chi connectivity index (χ0n) is 13.1. The second kappa shape index (κ2) is 7.55. The van der Waals surface area contributed by atoms with Crippen molar-refractivity contribution in [2.45, 2.75) is 26.3 Å². The summed E-state index contributed by atoms with van der Waals surface area (Å²) in [4.78, 5) is 19.2. The Labute approximate surface area is 149 Å². The predicted octanol–water partition coefficient (Wildman–Crippen LogP) is 4.39. The maximum absolute atomic E-state index is 12.2. The lowest BCUT2D eigenvalue weighted by Gasteiger charge is -2.30. The van der Waals surface area contributed by atoms with Crippen molar-refractivity contribution >= 4 is 38.3 Å². The Bertz CT molecular complexity index is 671. The Morgan fingerprint density at radius 3 is 2.96 bits per heavy atom. The van der Waals surface area contributed by atoms with Crippen molar-refractivity contribution < 1.29 is 4.79 Å². The number of likely N-dealkylation sites (tertiary alicyclic amines) is 1. The molecule has 0 saturated carbocycles. The summed E-state index contributed by atoms with van der Waals surface area (Å²) in [6.45, 7) is 5.45. The Kier molecular flexibility index (Phi) is 5.46. The maximum Gasteiger partial charge on any atom is 0.257 e. The number of halogens is 1. The fourth-order valence-corrected chi connectivity index (χ4v) is 3.83. The average Bonchev–Trinajstić information content (AvgIpc) is 2.95. The quantitative estimate of drug-likeness (QED) is 0.837. The molecular weight excluding hydrogens is 374 g/mol. The third-order valence-electron chi connectivity index (χ3n) is 4.01. The molecule has 1 aromatic carbocycles. The second-order valence-electron chi connectivity index (χ2n) is 6.09. The molecule has 122 valence electrons. The maximum atomic E-state index is 12.2. The molecule has 3 rings (SSSR count). The van der Waals surface area contributed by atoms with Gasteiger partial charge >= 0.3 is 0 Å². The van der Waals surface area contributed by atoms with Crippen LogP contribution in [0.3, 0.4) is 0 Å². The molecule has 1 aromatic heterocycles. The number of hydrogen-bond donors (Lipinski definition) is 1. The number of anilines is 1. The van der Waals surface area contributed by atoms with Crippen LogP contribution in [0, 0.1) is 5.92 Å². The number of benzene rings is 1. The number of piperidine rings is 1. The predicted molar refractivity (Wildman–Crippen MR) is 97.9 cm³/mol. The number of amides is 1. The molecule has 1 atom stereocenters. The van der Waals surface area contributed by atoms with Crippen LogP contribution in [0.25, 0.3) is 0 Å². The van der Waals surface area contributed by atoms with Gasteiger partial charge in [0, 0.05) is 28.5 Å². The van der Waals surface area contributed by atoms with Crippen molar-refractivity contribution in [3.05, 3.63) is 45.4 Å². The summed E-state index contributed by atoms with van der Waals surface area (Å²) < 4.78 is 0.960. The van der Waals surface area contributed by atoms with Gasteiger partial charge in [-0.05, 0) is 49.6 Å². The lowest BCUT2D eigenvalue weighted by molar-refractivity contribution is 0.102. The van der Waals surface area contributed by atoms with Gasteiger partial charge in [0.05, 0.1) is 5.69 Å². The number of carbonyl (C=O) groups excluding carboxylic acids is 1. The molecule has 1 fully saturated rings. The normalized spacial score (nSPS) is 18.8. The monoisotopic (exact) mass is 393 g/mol. The van der Waals surface area contributed by atoms with Gasteiger partial charge in [0.1, 0.15) is 0 Å². The Morgan fingerprint density at radius 1 is 1.43 bits per heavy atom. The van der Waals surface area contributed by atoms with Gasteiger partial charge in [0.15, 0.2) is 5.13 Å². The number of aromatic nitrogens is 1. The molecule has 1 saturated heterocycles. The van der Waals surface area contributed by atoms with E-state index >= 15 is 0 Å². The smallest absolute Gasteiger partial charge is 0.257 e. The highest BCUT2D eigenvalue weighted by molar-refractivity contribution is 9.10. The molecule has 1 amide bonds. The van der Waals surface area contributed by atoms with Crippen LogP contribution < -0.4 is 5.32 Å². The molecule has 0 spiro atoms. The average molecular weight is 394 g/mol. The molecule has 0 bridgehead atoms. The highest BCUT2D eigenvalue weighted by Gasteiger charge is 2.17. The summed E-state index contributed by atoms with van der Waals surface area (Å²) in [7, 11) is 0. The summed E-state index contributed by atoms with van der Waals surface area (Å²) in [5, 5.41) is 5.58. The SMILES string of the molecule is CC1CCCN(Cc2csc(NC(=O)c3ccc(Br)cc3)n2)C1. The van der Waals surface area contributed by atoms with E-state index in [1.165, 1.54) is 24.2 Å². The molecule has 4 nitrogen and oxygen atoms in total. The molecule has 1 aliphatic heterocycles. The number of rotatable bonds is 4. The van der Waals surface area contributed by atoms with Gasteiger partial charge in [-0.2, -0.15) is 0 Å². The molecular formula is C17H20BrN3OS. The van der Waals surface area contributed by atoms with E-state index in [4.69, 9.17) is 0 Å². The van der Waals surface area contributed by atoms with Gasteiger partial charge in [0.25, 0.3) is 5.91 Å². The fraction of sp³-hybridized carbons (Fsp3) is 0.412. The minimum atomic E-state index is -0.120. The van der Waals surface area contributed by atoms with Crippen LogP contribution in [0.15, 0.2) is 34.1 Å². The molecule has 6 heteroatoms. The lowest BCUT2D eigenvalue weighted by atomic mass is 10.0. The summed E-state index contributed by atoms with van der Waals surface area (Å²) in [6.07, 6.45) is 2.58. The molecule has 0 radical (unpaired) electrons. The fourth-order valence-electron chi connectivity index (χ4n) is 2.87. The van der Waals surface area contributed by atoms with Crippen LogP contribution in [-0.4, -0.2) is 28.9 Å². The molecule has 0 aliphatic carbocycles. The third kappa shape index (κ3) is 4.62. The van der Waals surface area contributed by atoms with Gasteiger partial charge in [-0.25, -0.2) is 4.98 Å². The minimum absolute atomic E-state index is 0.120. The van der Waals surface area contributed by atoms with Gasteiger partial charge in [-0.15, -0.1) is 11.3 Å². The van der Waals surface area contributed by atoms with E-state index in [9.17, 15) is 4.79 Å². The second-order valence-corrected chi connectivity index (χ2v) is 7.86. The Morgan fingerprint density at radius 2 is 2.22 bits per heavy atom. The summed E-state index contributed by atoms with van der Waals surface area (Å²) in [5.41, 5.74) is 1.67. The van der Waals surface area contributed by atoms with Gasteiger partial charge in [-0.3, -0.25) is 15.0 Å². The summed E-state index contributed by atoms with van der Waals surface area (Å²) in [6, 6.07) is 7.31. The van der Waals surface area contributed by atoms with Crippen molar-refractivity contribution in [1.82, 2.24) is 9.88 Å². The van der Waals surface area contributed by atoms with E-state index in [-0.39, 0.29) is 5.91 Å². The topological polar surface area (TPSA) is 45.2 Å².